The molecule has 0 bridgehead atoms. The third kappa shape index (κ3) is 7.20. The van der Waals surface area contributed by atoms with Gasteiger partial charge in [-0.15, -0.1) is 0 Å². The molecule has 3 saturated heterocycles. The van der Waals surface area contributed by atoms with Crippen molar-refractivity contribution in [3.8, 4) is 0 Å². The minimum atomic E-state index is -3.68. The van der Waals surface area contributed by atoms with Crippen LogP contribution in [0.15, 0.2) is 107 Å². The summed E-state index contributed by atoms with van der Waals surface area (Å²) in [5.41, 5.74) is 1.67. The van der Waals surface area contributed by atoms with Crippen LogP contribution in [-0.4, -0.2) is 88.7 Å². The van der Waals surface area contributed by atoms with Gasteiger partial charge in [0, 0.05) is 63.6 Å². The number of aryl methyl sites for hydroxylation is 1. The van der Waals surface area contributed by atoms with Crippen LogP contribution >= 0.6 is 18.1 Å². The maximum Gasteiger partial charge on any atom is 0.363 e. The van der Waals surface area contributed by atoms with Gasteiger partial charge in [0.2, 0.25) is 0 Å². The van der Waals surface area contributed by atoms with Gasteiger partial charge >= 0.3 is 12.6 Å². The molecular weight excluding hydrogens is 685 g/mol. The number of ether oxygens (including phenoxy) is 1. The Hall–Kier alpha value is -3.34. The van der Waals surface area contributed by atoms with E-state index in [1.807, 2.05) is 59.3 Å². The van der Waals surface area contributed by atoms with Gasteiger partial charge in [0.25, 0.3) is 5.56 Å². The lowest BCUT2D eigenvalue weighted by molar-refractivity contribution is -0.923. The number of likely N-dealkylation sites (tertiary alicyclic amines) is 1. The van der Waals surface area contributed by atoms with Gasteiger partial charge in [0.15, 0.2) is 6.23 Å². The minimum absolute atomic E-state index is 0.0486. The molecule has 10 nitrogen and oxygen atoms in total. The Morgan fingerprint density at radius 2 is 1.41 bits per heavy atom. The van der Waals surface area contributed by atoms with Crippen LogP contribution in [0.4, 0.5) is 0 Å². The van der Waals surface area contributed by atoms with Crippen LogP contribution in [0.25, 0.3) is 0 Å². The highest BCUT2D eigenvalue weighted by atomic mass is 35.7. The highest BCUT2D eigenvalue weighted by Crippen LogP contribution is 2.57. The highest BCUT2D eigenvalue weighted by molar-refractivity contribution is 7.83. The number of hydrogen-bond donors (Lipinski definition) is 1. The maximum atomic E-state index is 14.0. The van der Waals surface area contributed by atoms with E-state index in [0.29, 0.717) is 37.8 Å². The summed E-state index contributed by atoms with van der Waals surface area (Å²) in [5, 5.41) is 0. The lowest BCUT2D eigenvalue weighted by Gasteiger charge is -2.50. The first-order chi connectivity index (χ1) is 24.6. The molecule has 3 aliphatic rings. The predicted molar refractivity (Wildman–Crippen MR) is 200 cm³/mol. The molecule has 1 aromatic heterocycles. The van der Waals surface area contributed by atoms with E-state index in [2.05, 4.69) is 53.3 Å². The third-order valence-electron chi connectivity index (χ3n) is 11.3. The van der Waals surface area contributed by atoms with E-state index in [0.717, 1.165) is 34.0 Å². The van der Waals surface area contributed by atoms with Crippen LogP contribution in [0, 0.1) is 6.92 Å². The Balaban J connectivity index is 1.24. The Morgan fingerprint density at radius 1 is 0.882 bits per heavy atom. The van der Waals surface area contributed by atoms with Gasteiger partial charge in [0.1, 0.15) is 0 Å². The number of rotatable bonds is 10. The van der Waals surface area contributed by atoms with Crippen molar-refractivity contribution in [1.29, 1.82) is 0 Å². The standard InChI is InChI=1S/C39H47ClN5O5P/c1-30-26-44(38(47)41-37(30)46)36-28-42(39(31-14-6-3-7-15-31,32-16-8-4-9-17-32)33-18-10-5-11-19-33)27-35(50-36)29-49-51(40,48)43-22-20-34(21-23-43)45(2)24-12-13-25-45/h3-11,14-19,26,34-36H,12-13,20-25,27-29H2,1-2H3/p+1. The zero-order valence-corrected chi connectivity index (χ0v) is 31.1. The van der Waals surface area contributed by atoms with Crippen LogP contribution in [-0.2, 0) is 19.4 Å². The second kappa shape index (κ2) is 15.0. The molecule has 3 aromatic carbocycles. The van der Waals surface area contributed by atoms with Gasteiger partial charge in [-0.1, -0.05) is 91.0 Å². The molecule has 0 amide bonds. The van der Waals surface area contributed by atoms with Crippen LogP contribution in [0.2, 0.25) is 0 Å². The number of nitrogens with zero attached hydrogens (tertiary/aromatic N) is 4. The summed E-state index contributed by atoms with van der Waals surface area (Å²) < 4.78 is 31.2. The number of benzene rings is 3. The average molecular weight is 733 g/mol. The number of quaternary nitrogens is 1. The van der Waals surface area contributed by atoms with E-state index in [1.165, 1.54) is 30.5 Å². The van der Waals surface area contributed by atoms with E-state index in [9.17, 15) is 14.2 Å². The predicted octanol–water partition coefficient (Wildman–Crippen LogP) is 6.10. The van der Waals surface area contributed by atoms with Gasteiger partial charge in [-0.3, -0.25) is 23.8 Å². The number of halogens is 1. The monoisotopic (exact) mass is 732 g/mol. The van der Waals surface area contributed by atoms with Crippen molar-refractivity contribution in [1.82, 2.24) is 19.1 Å². The molecule has 3 aliphatic heterocycles. The second-order valence-electron chi connectivity index (χ2n) is 14.5. The Labute approximate surface area is 304 Å². The minimum Gasteiger partial charge on any atom is -0.350 e. The fraction of sp³-hybridized carbons (Fsp3) is 0.436. The summed E-state index contributed by atoms with van der Waals surface area (Å²) in [6.45, 7) is 2.24. The Morgan fingerprint density at radius 3 is 1.94 bits per heavy atom. The van der Waals surface area contributed by atoms with Crippen LogP contribution in [0.3, 0.4) is 0 Å². The van der Waals surface area contributed by atoms with E-state index in [1.54, 1.807) is 13.1 Å². The SMILES string of the molecule is Cc1cn(C2CN(C(c3ccccc3)(c3ccccc3)c3ccccc3)CC(COP(=O)(Cl)N3CCC([N+]4(C)CCCC4)CC3)O2)c(=O)[nH]c1=O. The van der Waals surface area contributed by atoms with Crippen molar-refractivity contribution in [2.24, 2.45) is 0 Å². The summed E-state index contributed by atoms with van der Waals surface area (Å²) in [6, 6.07) is 31.4. The quantitative estimate of drug-likeness (QED) is 0.120. The summed E-state index contributed by atoms with van der Waals surface area (Å²) in [4.78, 5) is 30.5. The molecule has 0 radical (unpaired) electrons. The number of piperidine rings is 1. The number of H-pyrrole nitrogens is 1. The van der Waals surface area contributed by atoms with E-state index in [-0.39, 0.29) is 6.61 Å². The van der Waals surface area contributed by atoms with Gasteiger partial charge in [-0.05, 0) is 34.9 Å². The smallest absolute Gasteiger partial charge is 0.350 e. The van der Waals surface area contributed by atoms with Gasteiger partial charge < -0.3 is 13.7 Å². The van der Waals surface area contributed by atoms with Gasteiger partial charge in [-0.25, -0.2) is 9.46 Å². The molecule has 0 saturated carbocycles. The van der Waals surface area contributed by atoms with Crippen molar-refractivity contribution in [2.75, 3.05) is 52.9 Å². The topological polar surface area (TPSA) is 96.9 Å². The first-order valence-electron chi connectivity index (χ1n) is 18.0. The number of aromatic amines is 1. The molecule has 4 aromatic rings. The van der Waals surface area contributed by atoms with Crippen LogP contribution < -0.4 is 11.2 Å². The summed E-state index contributed by atoms with van der Waals surface area (Å²) in [7, 11) is 2.35. The lowest BCUT2D eigenvalue weighted by atomic mass is 9.75. The first-order valence-corrected chi connectivity index (χ1v) is 20.5. The molecular formula is C39H48ClN5O5P+. The summed E-state index contributed by atoms with van der Waals surface area (Å²) in [5.74, 6) is 0. The molecule has 12 heteroatoms. The second-order valence-corrected chi connectivity index (χ2v) is 17.5. The number of hydrogen-bond acceptors (Lipinski definition) is 6. The van der Waals surface area contributed by atoms with E-state index >= 15 is 0 Å². The van der Waals surface area contributed by atoms with Crippen molar-refractivity contribution < 1.29 is 18.3 Å². The summed E-state index contributed by atoms with van der Waals surface area (Å²) in [6.07, 6.45) is 4.49. The van der Waals surface area contributed by atoms with Crippen molar-refractivity contribution >= 4 is 18.1 Å². The summed E-state index contributed by atoms with van der Waals surface area (Å²) >= 11 is 6.80. The molecule has 270 valence electrons. The zero-order chi connectivity index (χ0) is 35.6. The molecule has 3 unspecified atom stereocenters. The Kier molecular flexibility index (Phi) is 10.6. The molecule has 1 N–H and O–H groups in total. The van der Waals surface area contributed by atoms with Crippen LogP contribution in [0.1, 0.15) is 54.2 Å². The number of aromatic nitrogens is 2. The van der Waals surface area contributed by atoms with Gasteiger partial charge in [0.05, 0.1) is 44.4 Å². The molecule has 4 heterocycles. The van der Waals surface area contributed by atoms with E-state index < -0.39 is 36.0 Å². The largest absolute Gasteiger partial charge is 0.363 e. The number of nitrogens with one attached hydrogen (secondary N) is 1. The molecule has 3 fully saturated rings. The zero-order valence-electron chi connectivity index (χ0n) is 29.4. The van der Waals surface area contributed by atoms with E-state index in [4.69, 9.17) is 20.5 Å². The molecule has 0 spiro atoms. The fourth-order valence-corrected chi connectivity index (χ4v) is 10.5. The highest BCUT2D eigenvalue weighted by Gasteiger charge is 2.47. The maximum absolute atomic E-state index is 14.0. The average Bonchev–Trinajstić information content (AvgIpc) is 3.61. The molecule has 7 rings (SSSR count). The normalized spacial score (nSPS) is 23.2. The van der Waals surface area contributed by atoms with Crippen molar-refractivity contribution in [3.05, 3.63) is 140 Å². The Bertz CT molecular complexity index is 1850. The molecule has 0 aliphatic carbocycles. The van der Waals surface area contributed by atoms with Crippen LogP contribution in [0.5, 0.6) is 0 Å². The lowest BCUT2D eigenvalue weighted by Crippen LogP contribution is -2.58. The third-order valence-corrected chi connectivity index (χ3v) is 13.8. The molecule has 51 heavy (non-hydrogen) atoms. The van der Waals surface area contributed by atoms with Gasteiger partial charge in [-0.2, -0.15) is 0 Å². The fourth-order valence-electron chi connectivity index (χ4n) is 8.62. The van der Waals surface area contributed by atoms with Crippen molar-refractivity contribution in [2.45, 2.75) is 56.5 Å². The number of morpholine rings is 1. The van der Waals surface area contributed by atoms with Crippen molar-refractivity contribution in [3.63, 3.8) is 0 Å². The first kappa shape index (κ1) is 36.0. The molecule has 3 atom stereocenters.